The number of nitrogens with zero attached hydrogens (tertiary/aromatic N) is 2. The summed E-state index contributed by atoms with van der Waals surface area (Å²) in [6.07, 6.45) is 3.32. The van der Waals surface area contributed by atoms with Crippen LogP contribution in [0.15, 0.2) is 54.7 Å². The first-order valence-corrected chi connectivity index (χ1v) is 10.7. The predicted octanol–water partition coefficient (Wildman–Crippen LogP) is 5.13. The van der Waals surface area contributed by atoms with Crippen molar-refractivity contribution in [3.63, 3.8) is 0 Å². The van der Waals surface area contributed by atoms with Crippen molar-refractivity contribution in [2.24, 2.45) is 5.92 Å². The molecule has 0 unspecified atom stereocenters. The van der Waals surface area contributed by atoms with E-state index in [2.05, 4.69) is 64.0 Å². The second kappa shape index (κ2) is 10.0. The van der Waals surface area contributed by atoms with Gasteiger partial charge in [-0.15, -0.1) is 0 Å². The first-order chi connectivity index (χ1) is 13.5. The maximum atomic E-state index is 6.06. The van der Waals surface area contributed by atoms with Gasteiger partial charge in [-0.1, -0.05) is 44.2 Å². The Bertz CT molecular complexity index is 874. The van der Waals surface area contributed by atoms with Crippen molar-refractivity contribution in [2.75, 3.05) is 20.6 Å². The second-order valence-corrected chi connectivity index (χ2v) is 8.90. The van der Waals surface area contributed by atoms with Gasteiger partial charge in [0.15, 0.2) is 0 Å². The lowest BCUT2D eigenvalue weighted by atomic mass is 10.1. The molecule has 4 nitrogen and oxygen atoms in total. The third kappa shape index (κ3) is 5.77. The van der Waals surface area contributed by atoms with Crippen LogP contribution < -0.4 is 9.46 Å². The topological polar surface area (TPSA) is 29.4 Å². The van der Waals surface area contributed by atoms with E-state index in [0.717, 1.165) is 25.3 Å². The van der Waals surface area contributed by atoms with Gasteiger partial charge in [0.1, 0.15) is 12.4 Å². The van der Waals surface area contributed by atoms with Gasteiger partial charge in [-0.25, -0.2) is 4.31 Å². The van der Waals surface area contributed by atoms with Crippen molar-refractivity contribution in [1.82, 2.24) is 13.6 Å². The molecule has 1 N–H and O–H groups in total. The van der Waals surface area contributed by atoms with E-state index in [9.17, 15) is 0 Å². The van der Waals surface area contributed by atoms with Crippen molar-refractivity contribution in [3.8, 4) is 5.75 Å². The first kappa shape index (κ1) is 20.8. The zero-order chi connectivity index (χ0) is 19.9. The fourth-order valence-electron chi connectivity index (χ4n) is 3.28. The summed E-state index contributed by atoms with van der Waals surface area (Å²) < 4.78 is 13.9. The highest BCUT2D eigenvalue weighted by atomic mass is 32.2. The van der Waals surface area contributed by atoms with Gasteiger partial charge in [0.2, 0.25) is 0 Å². The molecule has 0 saturated heterocycles. The molecule has 3 aromatic rings. The van der Waals surface area contributed by atoms with Crippen LogP contribution in [0.1, 0.15) is 25.0 Å². The van der Waals surface area contributed by atoms with E-state index < -0.39 is 0 Å². The lowest BCUT2D eigenvalue weighted by molar-refractivity contribution is 0.306. The fourth-order valence-corrected chi connectivity index (χ4v) is 3.73. The molecule has 1 aromatic heterocycles. The zero-order valence-electron chi connectivity index (χ0n) is 17.3. The molecule has 5 heteroatoms. The molecule has 0 amide bonds. The molecule has 0 radical (unpaired) electrons. The van der Waals surface area contributed by atoms with E-state index in [1.807, 2.05) is 32.3 Å². The zero-order valence-corrected chi connectivity index (χ0v) is 18.1. The minimum absolute atomic E-state index is 0.593. The van der Waals surface area contributed by atoms with Crippen molar-refractivity contribution in [3.05, 3.63) is 65.9 Å². The van der Waals surface area contributed by atoms with Crippen molar-refractivity contribution in [1.29, 1.82) is 0 Å². The number of rotatable bonds is 10. The van der Waals surface area contributed by atoms with Gasteiger partial charge < -0.3 is 9.30 Å². The number of ether oxygens (including phenoxy) is 1. The van der Waals surface area contributed by atoms with Gasteiger partial charge in [-0.2, -0.15) is 0 Å². The van der Waals surface area contributed by atoms with Crippen LogP contribution in [0.4, 0.5) is 0 Å². The lowest BCUT2D eigenvalue weighted by Crippen LogP contribution is -2.15. The van der Waals surface area contributed by atoms with Gasteiger partial charge in [0.25, 0.3) is 0 Å². The van der Waals surface area contributed by atoms with Crippen LogP contribution in [-0.4, -0.2) is 29.5 Å². The van der Waals surface area contributed by atoms with Gasteiger partial charge in [0.05, 0.1) is 5.52 Å². The molecule has 1 heterocycles. The van der Waals surface area contributed by atoms with E-state index in [1.165, 1.54) is 22.0 Å². The Balaban J connectivity index is 1.77. The molecule has 28 heavy (non-hydrogen) atoms. The number of hydrogen-bond donors (Lipinski definition) is 1. The summed E-state index contributed by atoms with van der Waals surface area (Å²) in [5, 5.41) is 1.32. The molecule has 0 atom stereocenters. The molecule has 2 aromatic carbocycles. The maximum Gasteiger partial charge on any atom is 0.121 e. The molecule has 0 bridgehead atoms. The largest absolute Gasteiger partial charge is 0.489 e. The Kier molecular flexibility index (Phi) is 7.43. The molecule has 3 rings (SSSR count). The summed E-state index contributed by atoms with van der Waals surface area (Å²) in [7, 11) is 4.09. The smallest absolute Gasteiger partial charge is 0.121 e. The summed E-state index contributed by atoms with van der Waals surface area (Å²) >= 11 is 1.64. The van der Waals surface area contributed by atoms with Gasteiger partial charge >= 0.3 is 0 Å². The molecule has 0 spiro atoms. The average molecular weight is 398 g/mol. The Hall–Kier alpha value is -1.95. The highest BCUT2D eigenvalue weighted by Gasteiger charge is 2.11. The summed E-state index contributed by atoms with van der Waals surface area (Å²) in [6, 6.07) is 16.8. The molecule has 0 aliphatic heterocycles. The third-order valence-corrected chi connectivity index (χ3v) is 5.19. The van der Waals surface area contributed by atoms with Crippen LogP contribution in [0, 0.1) is 5.92 Å². The molecular weight excluding hydrogens is 366 g/mol. The highest BCUT2D eigenvalue weighted by molar-refractivity contribution is 7.95. The number of fused-ring (bicyclic) bond motifs is 1. The summed E-state index contributed by atoms with van der Waals surface area (Å²) in [4.78, 5) is 0. The molecule has 0 aliphatic carbocycles. The van der Waals surface area contributed by atoms with Crippen LogP contribution in [0.5, 0.6) is 5.75 Å². The minimum Gasteiger partial charge on any atom is -0.489 e. The molecule has 0 aliphatic rings. The van der Waals surface area contributed by atoms with Gasteiger partial charge in [-0.05, 0) is 49.7 Å². The normalized spacial score (nSPS) is 11.6. The number of aromatic nitrogens is 1. The van der Waals surface area contributed by atoms with E-state index >= 15 is 0 Å². The monoisotopic (exact) mass is 397 g/mol. The van der Waals surface area contributed by atoms with Gasteiger partial charge in [0, 0.05) is 42.9 Å². The average Bonchev–Trinajstić information content (AvgIpc) is 3.00. The van der Waals surface area contributed by atoms with E-state index in [-0.39, 0.29) is 0 Å². The Labute approximate surface area is 173 Å². The van der Waals surface area contributed by atoms with Crippen molar-refractivity contribution < 1.29 is 4.74 Å². The quantitative estimate of drug-likeness (QED) is 0.379. The van der Waals surface area contributed by atoms with E-state index in [4.69, 9.17) is 4.74 Å². The summed E-state index contributed by atoms with van der Waals surface area (Å²) in [6.45, 7) is 7.07. The van der Waals surface area contributed by atoms with E-state index in [0.29, 0.717) is 12.5 Å². The van der Waals surface area contributed by atoms with Crippen LogP contribution in [0.2, 0.25) is 0 Å². The number of benzene rings is 2. The summed E-state index contributed by atoms with van der Waals surface area (Å²) in [5.41, 5.74) is 3.83. The molecular formula is C23H31N3OS. The first-order valence-electron chi connectivity index (χ1n) is 9.88. The summed E-state index contributed by atoms with van der Waals surface area (Å²) in [5.74, 6) is 1.52. The van der Waals surface area contributed by atoms with E-state index in [1.54, 1.807) is 12.1 Å². The Morgan fingerprint density at radius 2 is 1.89 bits per heavy atom. The van der Waals surface area contributed by atoms with Crippen LogP contribution in [0.25, 0.3) is 10.9 Å². The number of nitrogens with one attached hydrogen (secondary N) is 1. The predicted molar refractivity (Wildman–Crippen MR) is 121 cm³/mol. The lowest BCUT2D eigenvalue weighted by Gasteiger charge is -2.10. The standard InChI is InChI=1S/C23H31N3OS/c1-18(2)15-26-16-20(12-13-24-28-25(3)4)22-11-10-21(14-23(22)26)27-17-19-8-6-5-7-9-19/h5-11,14,16,18,24H,12-13,15,17H2,1-4H3. The van der Waals surface area contributed by atoms with Crippen LogP contribution in [0.3, 0.4) is 0 Å². The van der Waals surface area contributed by atoms with Gasteiger partial charge in [-0.3, -0.25) is 4.72 Å². The van der Waals surface area contributed by atoms with Crippen LogP contribution >= 0.6 is 12.1 Å². The Morgan fingerprint density at radius 1 is 1.11 bits per heavy atom. The minimum atomic E-state index is 0.593. The third-order valence-electron chi connectivity index (χ3n) is 4.49. The number of hydrogen-bond acceptors (Lipinski definition) is 4. The van der Waals surface area contributed by atoms with Crippen molar-refractivity contribution >= 4 is 23.0 Å². The molecule has 0 fully saturated rings. The molecule has 150 valence electrons. The SMILES string of the molecule is CC(C)Cn1cc(CCNSN(C)C)c2ccc(OCc3ccccc3)cc21. The highest BCUT2D eigenvalue weighted by Crippen LogP contribution is 2.27. The molecule has 0 saturated carbocycles. The fraction of sp³-hybridized carbons (Fsp3) is 0.391. The second-order valence-electron chi connectivity index (χ2n) is 7.70. The van der Waals surface area contributed by atoms with Crippen LogP contribution in [-0.2, 0) is 19.6 Å². The van der Waals surface area contributed by atoms with Crippen molar-refractivity contribution in [2.45, 2.75) is 33.4 Å². The maximum absolute atomic E-state index is 6.06. The Morgan fingerprint density at radius 3 is 2.61 bits per heavy atom.